The number of hydrogen-bond donors (Lipinski definition) is 0. The van der Waals surface area contributed by atoms with Crippen LogP contribution in [0, 0.1) is 10.1 Å². The minimum atomic E-state index is -0.483. The number of nitro groups is 1. The first kappa shape index (κ1) is 12.3. The van der Waals surface area contributed by atoms with Crippen molar-refractivity contribution < 1.29 is 9.72 Å². The smallest absolute Gasteiger partial charge is 0.273 e. The van der Waals surface area contributed by atoms with Gasteiger partial charge in [-0.15, -0.1) is 0 Å². The van der Waals surface area contributed by atoms with Gasteiger partial charge in [-0.05, 0) is 12.1 Å². The number of nitrogens with zero attached hydrogens (tertiary/aromatic N) is 1. The van der Waals surface area contributed by atoms with Crippen molar-refractivity contribution in [3.8, 4) is 0 Å². The highest BCUT2D eigenvalue weighted by Gasteiger charge is 2.15. The van der Waals surface area contributed by atoms with Gasteiger partial charge in [0, 0.05) is 22.5 Å². The summed E-state index contributed by atoms with van der Waals surface area (Å²) in [5.41, 5.74) is 0.409. The van der Waals surface area contributed by atoms with E-state index in [2.05, 4.69) is 31.9 Å². The van der Waals surface area contributed by atoms with E-state index in [-0.39, 0.29) is 23.2 Å². The van der Waals surface area contributed by atoms with Crippen LogP contribution in [0.25, 0.3) is 0 Å². The molecule has 80 valence electrons. The SMILES string of the molecule is O=C(CBr)Cc1cc(Br)ccc1[N+](=O)[O-]. The Morgan fingerprint density at radius 2 is 2.13 bits per heavy atom. The Morgan fingerprint density at radius 3 is 2.67 bits per heavy atom. The Labute approximate surface area is 103 Å². The third-order valence-electron chi connectivity index (χ3n) is 1.77. The zero-order valence-corrected chi connectivity index (χ0v) is 10.7. The fourth-order valence-corrected chi connectivity index (χ4v) is 1.74. The van der Waals surface area contributed by atoms with Gasteiger partial charge in [-0.25, -0.2) is 0 Å². The van der Waals surface area contributed by atoms with E-state index in [0.717, 1.165) is 4.47 Å². The molecule has 1 aromatic carbocycles. The van der Waals surface area contributed by atoms with Gasteiger partial charge in [-0.2, -0.15) is 0 Å². The number of halogens is 2. The maximum absolute atomic E-state index is 11.2. The van der Waals surface area contributed by atoms with Crippen LogP contribution in [0.15, 0.2) is 22.7 Å². The minimum Gasteiger partial charge on any atom is -0.298 e. The number of ketones is 1. The van der Waals surface area contributed by atoms with E-state index in [9.17, 15) is 14.9 Å². The Kier molecular flexibility index (Phi) is 4.41. The lowest BCUT2D eigenvalue weighted by molar-refractivity contribution is -0.385. The number of alkyl halides is 1. The van der Waals surface area contributed by atoms with Gasteiger partial charge in [0.1, 0.15) is 5.78 Å². The molecule has 0 atom stereocenters. The topological polar surface area (TPSA) is 60.2 Å². The van der Waals surface area contributed by atoms with E-state index in [4.69, 9.17) is 0 Å². The quantitative estimate of drug-likeness (QED) is 0.482. The second-order valence-electron chi connectivity index (χ2n) is 2.88. The van der Waals surface area contributed by atoms with Gasteiger partial charge >= 0.3 is 0 Å². The number of carbonyl (C=O) groups is 1. The molecular weight excluding hydrogens is 330 g/mol. The van der Waals surface area contributed by atoms with Gasteiger partial charge in [-0.1, -0.05) is 31.9 Å². The van der Waals surface area contributed by atoms with Gasteiger partial charge in [0.05, 0.1) is 10.3 Å². The lowest BCUT2D eigenvalue weighted by atomic mass is 10.1. The zero-order chi connectivity index (χ0) is 11.4. The molecule has 0 unspecified atom stereocenters. The monoisotopic (exact) mass is 335 g/mol. The second kappa shape index (κ2) is 5.37. The molecule has 0 aliphatic carbocycles. The van der Waals surface area contributed by atoms with Crippen LogP contribution in [0.3, 0.4) is 0 Å². The lowest BCUT2D eigenvalue weighted by Crippen LogP contribution is -2.06. The molecular formula is C9H7Br2NO3. The van der Waals surface area contributed by atoms with Crippen LogP contribution in [0.2, 0.25) is 0 Å². The van der Waals surface area contributed by atoms with E-state index < -0.39 is 4.92 Å². The average molecular weight is 337 g/mol. The Bertz CT molecular complexity index is 406. The molecule has 0 radical (unpaired) electrons. The molecule has 4 nitrogen and oxygen atoms in total. The molecule has 0 aliphatic heterocycles. The maximum atomic E-state index is 11.2. The largest absolute Gasteiger partial charge is 0.298 e. The first-order valence-corrected chi connectivity index (χ1v) is 5.96. The molecule has 0 aliphatic rings. The molecule has 1 aromatic rings. The predicted octanol–water partition coefficient (Wildman–Crippen LogP) is 2.86. The van der Waals surface area contributed by atoms with Crippen molar-refractivity contribution in [1.82, 2.24) is 0 Å². The molecule has 0 amide bonds. The minimum absolute atomic E-state index is 0.0208. The number of carbonyl (C=O) groups excluding carboxylic acids is 1. The molecule has 0 aromatic heterocycles. The predicted molar refractivity (Wildman–Crippen MR) is 63.3 cm³/mol. The summed E-state index contributed by atoms with van der Waals surface area (Å²) < 4.78 is 0.727. The Balaban J connectivity index is 3.07. The summed E-state index contributed by atoms with van der Waals surface area (Å²) in [6.07, 6.45) is 0.0704. The van der Waals surface area contributed by atoms with Crippen LogP contribution < -0.4 is 0 Å². The molecule has 0 bridgehead atoms. The number of rotatable bonds is 4. The van der Waals surface area contributed by atoms with Gasteiger partial charge in [0.2, 0.25) is 0 Å². The molecule has 0 fully saturated rings. The first-order chi connectivity index (χ1) is 7.04. The van der Waals surface area contributed by atoms with Crippen molar-refractivity contribution in [3.05, 3.63) is 38.3 Å². The zero-order valence-electron chi connectivity index (χ0n) is 7.57. The highest BCUT2D eigenvalue weighted by atomic mass is 79.9. The summed E-state index contributed by atoms with van der Waals surface area (Å²) in [4.78, 5) is 21.4. The van der Waals surface area contributed by atoms with E-state index in [1.54, 1.807) is 12.1 Å². The average Bonchev–Trinajstić information content (AvgIpc) is 2.17. The van der Waals surface area contributed by atoms with Crippen LogP contribution in [0.5, 0.6) is 0 Å². The number of Topliss-reactive ketones (excluding diaryl/α,β-unsaturated/α-hetero) is 1. The van der Waals surface area contributed by atoms with Crippen molar-refractivity contribution in [1.29, 1.82) is 0 Å². The molecule has 0 spiro atoms. The van der Waals surface area contributed by atoms with Crippen LogP contribution in [-0.4, -0.2) is 16.0 Å². The Hall–Kier alpha value is -0.750. The van der Waals surface area contributed by atoms with Crippen molar-refractivity contribution in [2.45, 2.75) is 6.42 Å². The van der Waals surface area contributed by atoms with Crippen molar-refractivity contribution in [2.75, 3.05) is 5.33 Å². The molecule has 0 saturated carbocycles. The lowest BCUT2D eigenvalue weighted by Gasteiger charge is -2.01. The molecule has 6 heteroatoms. The van der Waals surface area contributed by atoms with Crippen molar-refractivity contribution >= 4 is 43.3 Å². The van der Waals surface area contributed by atoms with Gasteiger partial charge in [-0.3, -0.25) is 14.9 Å². The fourth-order valence-electron chi connectivity index (χ4n) is 1.13. The summed E-state index contributed by atoms with van der Waals surface area (Å²) in [5, 5.41) is 10.9. The summed E-state index contributed by atoms with van der Waals surface area (Å²) >= 11 is 6.23. The van der Waals surface area contributed by atoms with E-state index in [1.807, 2.05) is 0 Å². The molecule has 15 heavy (non-hydrogen) atoms. The van der Waals surface area contributed by atoms with E-state index in [1.165, 1.54) is 6.07 Å². The number of benzene rings is 1. The van der Waals surface area contributed by atoms with Gasteiger partial charge in [0.15, 0.2) is 0 Å². The molecule has 0 N–H and O–H groups in total. The molecule has 0 heterocycles. The second-order valence-corrected chi connectivity index (χ2v) is 4.36. The van der Waals surface area contributed by atoms with Crippen LogP contribution in [-0.2, 0) is 11.2 Å². The highest BCUT2D eigenvalue weighted by Crippen LogP contribution is 2.23. The van der Waals surface area contributed by atoms with Crippen LogP contribution in [0.4, 0.5) is 5.69 Å². The van der Waals surface area contributed by atoms with E-state index in [0.29, 0.717) is 5.56 Å². The Morgan fingerprint density at radius 1 is 1.47 bits per heavy atom. The van der Waals surface area contributed by atoms with Gasteiger partial charge < -0.3 is 0 Å². The van der Waals surface area contributed by atoms with Gasteiger partial charge in [0.25, 0.3) is 5.69 Å². The standard InChI is InChI=1S/C9H7Br2NO3/c10-5-8(13)4-6-3-7(11)1-2-9(6)12(14)15/h1-3H,4-5H2. The number of nitro benzene ring substituents is 1. The van der Waals surface area contributed by atoms with Crippen molar-refractivity contribution in [2.24, 2.45) is 0 Å². The summed E-state index contributed by atoms with van der Waals surface area (Å²) in [6, 6.07) is 4.57. The fraction of sp³-hybridized carbons (Fsp3) is 0.222. The third kappa shape index (κ3) is 3.39. The van der Waals surface area contributed by atoms with Crippen LogP contribution in [0.1, 0.15) is 5.56 Å². The number of hydrogen-bond acceptors (Lipinski definition) is 3. The molecule has 0 saturated heterocycles. The summed E-state index contributed by atoms with van der Waals surface area (Å²) in [5.74, 6) is -0.0869. The third-order valence-corrected chi connectivity index (χ3v) is 2.89. The van der Waals surface area contributed by atoms with Crippen molar-refractivity contribution in [3.63, 3.8) is 0 Å². The van der Waals surface area contributed by atoms with E-state index >= 15 is 0 Å². The maximum Gasteiger partial charge on any atom is 0.273 e. The molecule has 1 rings (SSSR count). The summed E-state index contributed by atoms with van der Waals surface area (Å²) in [6.45, 7) is 0. The first-order valence-electron chi connectivity index (χ1n) is 4.05. The van der Waals surface area contributed by atoms with Crippen LogP contribution >= 0.6 is 31.9 Å². The highest BCUT2D eigenvalue weighted by molar-refractivity contribution is 9.10. The summed E-state index contributed by atoms with van der Waals surface area (Å²) in [7, 11) is 0. The normalized spacial score (nSPS) is 10.0.